The zero-order valence-electron chi connectivity index (χ0n) is 11.9. The van der Waals surface area contributed by atoms with E-state index in [0.29, 0.717) is 22.1 Å². The topological polar surface area (TPSA) is 73.9 Å². The molecular weight excluding hydrogens is 299 g/mol. The minimum atomic E-state index is -0.275. The van der Waals surface area contributed by atoms with Crippen molar-refractivity contribution in [3.8, 4) is 6.07 Å². The molecule has 4 N–H and O–H groups in total. The zero-order chi connectivity index (χ0) is 16.1. The van der Waals surface area contributed by atoms with Gasteiger partial charge in [0.25, 0.3) is 0 Å². The van der Waals surface area contributed by atoms with Gasteiger partial charge in [-0.1, -0.05) is 12.1 Å². The molecule has 2 aromatic rings. The largest absolute Gasteiger partial charge is 0.398 e. The molecule has 0 spiro atoms. The van der Waals surface area contributed by atoms with Gasteiger partial charge in [0.15, 0.2) is 5.11 Å². The van der Waals surface area contributed by atoms with E-state index in [1.54, 1.807) is 30.3 Å². The highest BCUT2D eigenvalue weighted by molar-refractivity contribution is 7.80. The molecule has 4 nitrogen and oxygen atoms in total. The Labute approximate surface area is 133 Å². The monoisotopic (exact) mass is 314 g/mol. The molecule has 1 unspecified atom stereocenters. The maximum Gasteiger partial charge on any atom is 0.171 e. The summed E-state index contributed by atoms with van der Waals surface area (Å²) in [6.07, 6.45) is 0. The first-order valence-electron chi connectivity index (χ1n) is 6.62. The van der Waals surface area contributed by atoms with Gasteiger partial charge in [0.05, 0.1) is 11.6 Å². The number of rotatable bonds is 3. The van der Waals surface area contributed by atoms with Crippen molar-refractivity contribution in [3.63, 3.8) is 0 Å². The average molecular weight is 314 g/mol. The lowest BCUT2D eigenvalue weighted by Crippen LogP contribution is -2.30. The SMILES string of the molecule is CC(NC(=S)Nc1ccc(N)c(C#N)c1)c1ccc(F)cc1. The van der Waals surface area contributed by atoms with Crippen molar-refractivity contribution < 1.29 is 4.39 Å². The molecule has 2 rings (SSSR count). The Kier molecular flexibility index (Phi) is 4.92. The van der Waals surface area contributed by atoms with Crippen LogP contribution in [0.25, 0.3) is 0 Å². The number of halogens is 1. The van der Waals surface area contributed by atoms with Gasteiger partial charge in [-0.05, 0) is 55.0 Å². The number of anilines is 2. The van der Waals surface area contributed by atoms with Crippen LogP contribution in [0.1, 0.15) is 24.1 Å². The Morgan fingerprint density at radius 3 is 2.59 bits per heavy atom. The van der Waals surface area contributed by atoms with Crippen LogP contribution in [0.15, 0.2) is 42.5 Å². The molecule has 0 bridgehead atoms. The summed E-state index contributed by atoms with van der Waals surface area (Å²) >= 11 is 5.24. The van der Waals surface area contributed by atoms with Crippen molar-refractivity contribution in [1.29, 1.82) is 5.26 Å². The summed E-state index contributed by atoms with van der Waals surface area (Å²) in [4.78, 5) is 0. The molecule has 0 aliphatic heterocycles. The summed E-state index contributed by atoms with van der Waals surface area (Å²) in [7, 11) is 0. The van der Waals surface area contributed by atoms with E-state index in [4.69, 9.17) is 23.2 Å². The summed E-state index contributed by atoms with van der Waals surface area (Å²) < 4.78 is 12.9. The summed E-state index contributed by atoms with van der Waals surface area (Å²) in [6.45, 7) is 1.92. The van der Waals surface area contributed by atoms with Gasteiger partial charge in [0, 0.05) is 11.4 Å². The minimum Gasteiger partial charge on any atom is -0.398 e. The predicted octanol–water partition coefficient (Wildman–Crippen LogP) is 3.33. The fraction of sp³-hybridized carbons (Fsp3) is 0.125. The Morgan fingerprint density at radius 1 is 1.27 bits per heavy atom. The summed E-state index contributed by atoms with van der Waals surface area (Å²) in [5.74, 6) is -0.275. The fourth-order valence-electron chi connectivity index (χ4n) is 1.93. The molecule has 0 aromatic heterocycles. The molecule has 0 heterocycles. The van der Waals surface area contributed by atoms with Gasteiger partial charge < -0.3 is 16.4 Å². The van der Waals surface area contributed by atoms with E-state index >= 15 is 0 Å². The summed E-state index contributed by atoms with van der Waals surface area (Å²) in [6, 6.07) is 13.2. The van der Waals surface area contributed by atoms with Crippen molar-refractivity contribution in [1.82, 2.24) is 5.32 Å². The second-order valence-corrected chi connectivity index (χ2v) is 5.19. The Bertz CT molecular complexity index is 722. The van der Waals surface area contributed by atoms with Crippen molar-refractivity contribution in [2.45, 2.75) is 13.0 Å². The molecule has 0 amide bonds. The van der Waals surface area contributed by atoms with Crippen LogP contribution in [-0.4, -0.2) is 5.11 Å². The second kappa shape index (κ2) is 6.87. The van der Waals surface area contributed by atoms with Crippen LogP contribution < -0.4 is 16.4 Å². The molecule has 0 fully saturated rings. The summed E-state index contributed by atoms with van der Waals surface area (Å²) in [5, 5.41) is 15.5. The average Bonchev–Trinajstić information content (AvgIpc) is 2.49. The molecule has 6 heteroatoms. The lowest BCUT2D eigenvalue weighted by molar-refractivity contribution is 0.624. The van der Waals surface area contributed by atoms with Crippen LogP contribution in [0.5, 0.6) is 0 Å². The first-order chi connectivity index (χ1) is 10.5. The van der Waals surface area contributed by atoms with Crippen LogP contribution in [0, 0.1) is 17.1 Å². The Morgan fingerprint density at radius 2 is 1.95 bits per heavy atom. The number of nitrogens with zero attached hydrogens (tertiary/aromatic N) is 1. The maximum atomic E-state index is 12.9. The van der Waals surface area contributed by atoms with Crippen LogP contribution >= 0.6 is 12.2 Å². The third kappa shape index (κ3) is 3.93. The normalized spacial score (nSPS) is 11.3. The van der Waals surface area contributed by atoms with Gasteiger partial charge in [0.2, 0.25) is 0 Å². The maximum absolute atomic E-state index is 12.9. The molecule has 0 saturated heterocycles. The van der Waals surface area contributed by atoms with Crippen LogP contribution in [0.4, 0.5) is 15.8 Å². The quantitative estimate of drug-likeness (QED) is 0.598. The highest BCUT2D eigenvalue weighted by atomic mass is 32.1. The third-order valence-corrected chi connectivity index (χ3v) is 3.37. The first kappa shape index (κ1) is 15.7. The third-order valence-electron chi connectivity index (χ3n) is 3.15. The number of nitrogens with two attached hydrogens (primary N) is 1. The van der Waals surface area contributed by atoms with Crippen molar-refractivity contribution in [2.24, 2.45) is 0 Å². The molecule has 0 aliphatic rings. The lowest BCUT2D eigenvalue weighted by Gasteiger charge is -2.17. The van der Waals surface area contributed by atoms with E-state index in [9.17, 15) is 4.39 Å². The molecule has 0 saturated carbocycles. The smallest absolute Gasteiger partial charge is 0.171 e. The molecule has 2 aromatic carbocycles. The van der Waals surface area contributed by atoms with E-state index in [-0.39, 0.29) is 11.9 Å². The number of nitriles is 1. The zero-order valence-corrected chi connectivity index (χ0v) is 12.7. The number of hydrogen-bond acceptors (Lipinski definition) is 3. The van der Waals surface area contributed by atoms with Crippen LogP contribution in [-0.2, 0) is 0 Å². The van der Waals surface area contributed by atoms with Crippen molar-refractivity contribution in [2.75, 3.05) is 11.1 Å². The Balaban J connectivity index is 2.01. The van der Waals surface area contributed by atoms with Gasteiger partial charge in [-0.3, -0.25) is 0 Å². The second-order valence-electron chi connectivity index (χ2n) is 4.79. The van der Waals surface area contributed by atoms with Gasteiger partial charge in [-0.2, -0.15) is 5.26 Å². The van der Waals surface area contributed by atoms with Gasteiger partial charge in [0.1, 0.15) is 11.9 Å². The molecule has 112 valence electrons. The first-order valence-corrected chi connectivity index (χ1v) is 7.03. The van der Waals surface area contributed by atoms with E-state index in [1.165, 1.54) is 12.1 Å². The fourth-order valence-corrected chi connectivity index (χ4v) is 2.22. The van der Waals surface area contributed by atoms with Crippen LogP contribution in [0.2, 0.25) is 0 Å². The lowest BCUT2D eigenvalue weighted by atomic mass is 10.1. The number of hydrogen-bond donors (Lipinski definition) is 3. The van der Waals surface area contributed by atoms with E-state index in [2.05, 4.69) is 10.6 Å². The molecule has 1 atom stereocenters. The number of benzene rings is 2. The number of nitrogens with one attached hydrogen (secondary N) is 2. The molecule has 22 heavy (non-hydrogen) atoms. The van der Waals surface area contributed by atoms with Crippen molar-refractivity contribution in [3.05, 3.63) is 59.4 Å². The van der Waals surface area contributed by atoms with Crippen LogP contribution in [0.3, 0.4) is 0 Å². The summed E-state index contributed by atoms with van der Waals surface area (Å²) in [5.41, 5.74) is 8.07. The number of nitrogen functional groups attached to an aromatic ring is 1. The highest BCUT2D eigenvalue weighted by Gasteiger charge is 2.08. The highest BCUT2D eigenvalue weighted by Crippen LogP contribution is 2.17. The van der Waals surface area contributed by atoms with E-state index in [0.717, 1.165) is 5.56 Å². The van der Waals surface area contributed by atoms with Gasteiger partial charge in [-0.15, -0.1) is 0 Å². The molecule has 0 aliphatic carbocycles. The van der Waals surface area contributed by atoms with Gasteiger partial charge >= 0.3 is 0 Å². The Hall–Kier alpha value is -2.65. The van der Waals surface area contributed by atoms with Crippen molar-refractivity contribution >= 4 is 28.7 Å². The van der Waals surface area contributed by atoms with E-state index < -0.39 is 0 Å². The minimum absolute atomic E-state index is 0.0789. The van der Waals surface area contributed by atoms with Gasteiger partial charge in [-0.25, -0.2) is 4.39 Å². The number of thiocarbonyl (C=S) groups is 1. The molecule has 0 radical (unpaired) electrons. The standard InChI is InChI=1S/C16H15FN4S/c1-10(11-2-4-13(17)5-3-11)20-16(22)21-14-6-7-15(19)12(8-14)9-18/h2-8,10H,19H2,1H3,(H2,20,21,22). The predicted molar refractivity (Wildman–Crippen MR) is 89.7 cm³/mol. The molecular formula is C16H15FN4S. The van der Waals surface area contributed by atoms with E-state index in [1.807, 2.05) is 13.0 Å².